The molecule has 2 aromatic rings. The second-order valence-electron chi connectivity index (χ2n) is 11.9. The van der Waals surface area contributed by atoms with Crippen LogP contribution in [0, 0.1) is 11.8 Å². The third kappa shape index (κ3) is 7.87. The van der Waals surface area contributed by atoms with E-state index in [4.69, 9.17) is 24.9 Å². The number of nitrogens with two attached hydrogens (primary N) is 1. The summed E-state index contributed by atoms with van der Waals surface area (Å²) in [6, 6.07) is 5.11. The Morgan fingerprint density at radius 2 is 1.88 bits per heavy atom. The molecule has 0 saturated carbocycles. The van der Waals surface area contributed by atoms with Gasteiger partial charge < -0.3 is 34.3 Å². The molecule has 2 heterocycles. The van der Waals surface area contributed by atoms with Gasteiger partial charge in [-0.25, -0.2) is 9.78 Å². The zero-order valence-electron chi connectivity index (χ0n) is 24.9. The van der Waals surface area contributed by atoms with E-state index in [0.717, 1.165) is 18.4 Å². The summed E-state index contributed by atoms with van der Waals surface area (Å²) >= 11 is 0. The summed E-state index contributed by atoms with van der Waals surface area (Å²) in [5.74, 6) is -0.250. The predicted octanol–water partition coefficient (Wildman–Crippen LogP) is 3.68. The van der Waals surface area contributed by atoms with Crippen molar-refractivity contribution in [1.82, 2.24) is 19.4 Å². The first-order valence-corrected chi connectivity index (χ1v) is 14.0. The van der Waals surface area contributed by atoms with Crippen LogP contribution in [0.3, 0.4) is 0 Å². The molecular formula is C29H45N5O6. The van der Waals surface area contributed by atoms with Gasteiger partial charge in [-0.1, -0.05) is 13.8 Å². The minimum absolute atomic E-state index is 0.132. The van der Waals surface area contributed by atoms with Crippen LogP contribution < -0.4 is 10.5 Å². The summed E-state index contributed by atoms with van der Waals surface area (Å²) in [5.41, 5.74) is 6.52. The number of aryl methyl sites for hydroxylation is 1. The normalized spacial score (nSPS) is 17.8. The van der Waals surface area contributed by atoms with Crippen molar-refractivity contribution < 1.29 is 28.6 Å². The van der Waals surface area contributed by atoms with Gasteiger partial charge in [0, 0.05) is 46.0 Å². The van der Waals surface area contributed by atoms with Crippen LogP contribution in [0.1, 0.15) is 64.5 Å². The molecule has 11 heteroatoms. The lowest BCUT2D eigenvalue weighted by Gasteiger charge is -2.42. The number of aromatic nitrogens is 2. The lowest BCUT2D eigenvalue weighted by atomic mass is 9.92. The molecule has 11 nitrogen and oxygen atoms in total. The van der Waals surface area contributed by atoms with E-state index >= 15 is 0 Å². The minimum Gasteiger partial charge on any atom is -0.497 e. The van der Waals surface area contributed by atoms with Gasteiger partial charge in [-0.05, 0) is 58.1 Å². The van der Waals surface area contributed by atoms with Gasteiger partial charge in [-0.3, -0.25) is 9.59 Å². The number of carbonyl (C=O) groups is 3. The van der Waals surface area contributed by atoms with Gasteiger partial charge in [0.05, 0.1) is 30.1 Å². The Morgan fingerprint density at radius 3 is 2.48 bits per heavy atom. The third-order valence-electron chi connectivity index (χ3n) is 6.87. The lowest BCUT2D eigenvalue weighted by molar-refractivity contribution is -0.124. The van der Waals surface area contributed by atoms with Gasteiger partial charge in [0.15, 0.2) is 5.82 Å². The molecule has 1 fully saturated rings. The smallest absolute Gasteiger partial charge is 0.410 e. The van der Waals surface area contributed by atoms with Gasteiger partial charge in [0.2, 0.25) is 5.91 Å². The lowest BCUT2D eigenvalue weighted by Crippen LogP contribution is -2.57. The second kappa shape index (κ2) is 13.3. The molecule has 2 N–H and O–H groups in total. The number of unbranched alkanes of at least 4 members (excludes halogenated alkanes) is 1. The molecule has 0 aliphatic carbocycles. The second-order valence-corrected chi connectivity index (χ2v) is 11.9. The van der Waals surface area contributed by atoms with E-state index in [2.05, 4.69) is 0 Å². The Hall–Kier alpha value is -3.34. The topological polar surface area (TPSA) is 129 Å². The maximum atomic E-state index is 14.3. The Bertz CT molecular complexity index is 1190. The maximum absolute atomic E-state index is 14.3. The van der Waals surface area contributed by atoms with E-state index in [9.17, 15) is 14.4 Å². The summed E-state index contributed by atoms with van der Waals surface area (Å²) in [6.45, 7) is 11.4. The number of carbonyl (C=O) groups excluding carboxylic acids is 3. The number of fused-ring (bicyclic) bond motifs is 1. The van der Waals surface area contributed by atoms with Gasteiger partial charge >= 0.3 is 6.09 Å². The highest BCUT2D eigenvalue weighted by molar-refractivity contribution is 5.95. The van der Waals surface area contributed by atoms with Crippen molar-refractivity contribution in [3.8, 4) is 5.75 Å². The summed E-state index contributed by atoms with van der Waals surface area (Å²) < 4.78 is 18.2. The zero-order valence-corrected chi connectivity index (χ0v) is 24.9. The van der Waals surface area contributed by atoms with E-state index in [1.165, 1.54) is 4.90 Å². The number of amides is 3. The van der Waals surface area contributed by atoms with Crippen molar-refractivity contribution in [2.75, 3.05) is 40.5 Å². The SMILES string of the molecule is COCCCCn1c(C(=O)N(CC(C)C)[C@H]2C[C@@H](C(N)=O)CN(C(=O)OC(C)(C)C)C2)nc2ccc(OC)cc21. The molecule has 40 heavy (non-hydrogen) atoms. The van der Waals surface area contributed by atoms with Crippen molar-refractivity contribution in [1.29, 1.82) is 0 Å². The van der Waals surface area contributed by atoms with Crippen molar-refractivity contribution in [2.24, 2.45) is 17.6 Å². The molecule has 2 atom stereocenters. The van der Waals surface area contributed by atoms with Gasteiger partial charge in [0.1, 0.15) is 11.4 Å². The Morgan fingerprint density at radius 1 is 1.15 bits per heavy atom. The molecule has 0 bridgehead atoms. The highest BCUT2D eigenvalue weighted by atomic mass is 16.6. The highest BCUT2D eigenvalue weighted by Gasteiger charge is 2.40. The Balaban J connectivity index is 2.01. The number of ether oxygens (including phenoxy) is 3. The number of rotatable bonds is 11. The van der Waals surface area contributed by atoms with Crippen molar-refractivity contribution in [3.05, 3.63) is 24.0 Å². The molecule has 3 amide bonds. The largest absolute Gasteiger partial charge is 0.497 e. The van der Waals surface area contributed by atoms with Crippen LogP contribution in [-0.4, -0.2) is 89.4 Å². The highest BCUT2D eigenvalue weighted by Crippen LogP contribution is 2.28. The van der Waals surface area contributed by atoms with Crippen LogP contribution in [-0.2, 0) is 20.8 Å². The molecule has 1 aromatic carbocycles. The first-order chi connectivity index (χ1) is 18.8. The monoisotopic (exact) mass is 559 g/mol. The molecular weight excluding hydrogens is 514 g/mol. The zero-order chi connectivity index (χ0) is 29.6. The van der Waals surface area contributed by atoms with Crippen LogP contribution in [0.4, 0.5) is 4.79 Å². The minimum atomic E-state index is -0.700. The van der Waals surface area contributed by atoms with E-state index in [0.29, 0.717) is 43.2 Å². The molecule has 1 saturated heterocycles. The first kappa shape index (κ1) is 31.2. The average molecular weight is 560 g/mol. The quantitative estimate of drug-likeness (QED) is 0.416. The number of likely N-dealkylation sites (tertiary alicyclic amines) is 1. The van der Waals surface area contributed by atoms with Crippen molar-refractivity contribution in [2.45, 2.75) is 72.1 Å². The number of hydrogen-bond donors (Lipinski definition) is 1. The number of primary amides is 1. The van der Waals surface area contributed by atoms with Gasteiger partial charge in [0.25, 0.3) is 5.91 Å². The van der Waals surface area contributed by atoms with Gasteiger partial charge in [-0.15, -0.1) is 0 Å². The summed E-state index contributed by atoms with van der Waals surface area (Å²) in [5, 5.41) is 0. The molecule has 1 aromatic heterocycles. The first-order valence-electron chi connectivity index (χ1n) is 14.0. The van der Waals surface area contributed by atoms with E-state index in [1.807, 2.05) is 36.6 Å². The van der Waals surface area contributed by atoms with E-state index in [-0.39, 0.29) is 24.9 Å². The predicted molar refractivity (Wildman–Crippen MR) is 152 cm³/mol. The molecule has 1 aliphatic rings. The average Bonchev–Trinajstić information content (AvgIpc) is 3.25. The molecule has 0 unspecified atom stereocenters. The van der Waals surface area contributed by atoms with E-state index < -0.39 is 29.6 Å². The Labute approximate surface area is 236 Å². The standard InChI is InChI=1S/C29H45N5O6/c1-19(2)16-34(21-14-20(25(30)35)17-32(18-21)28(37)40-29(3,4)5)27(36)26-31-23-11-10-22(39-7)15-24(23)33(26)12-8-9-13-38-6/h10-11,15,19-21H,8-9,12-14,16-18H2,1-7H3,(H2,30,35)/t20-,21+/m1/s1. The molecule has 3 rings (SSSR count). The maximum Gasteiger partial charge on any atom is 0.410 e. The number of benzene rings is 1. The van der Waals surface area contributed by atoms with Crippen molar-refractivity contribution >= 4 is 28.9 Å². The van der Waals surface area contributed by atoms with Gasteiger partial charge in [-0.2, -0.15) is 0 Å². The number of imidazole rings is 1. The fraction of sp³-hybridized carbons (Fsp3) is 0.655. The molecule has 0 spiro atoms. The summed E-state index contributed by atoms with van der Waals surface area (Å²) in [7, 11) is 3.27. The van der Waals surface area contributed by atoms with Crippen LogP contribution >= 0.6 is 0 Å². The summed E-state index contributed by atoms with van der Waals surface area (Å²) in [4.78, 5) is 47.7. The van der Waals surface area contributed by atoms with Crippen LogP contribution in [0.2, 0.25) is 0 Å². The number of hydrogen-bond acceptors (Lipinski definition) is 7. The number of methoxy groups -OCH3 is 2. The van der Waals surface area contributed by atoms with Crippen LogP contribution in [0.25, 0.3) is 11.0 Å². The molecule has 222 valence electrons. The van der Waals surface area contributed by atoms with Crippen LogP contribution in [0.5, 0.6) is 5.75 Å². The van der Waals surface area contributed by atoms with E-state index in [1.54, 1.807) is 39.9 Å². The van der Waals surface area contributed by atoms with Crippen molar-refractivity contribution in [3.63, 3.8) is 0 Å². The Kier molecular flexibility index (Phi) is 10.4. The molecule has 0 radical (unpaired) electrons. The fourth-order valence-corrected chi connectivity index (χ4v) is 5.04. The third-order valence-corrected chi connectivity index (χ3v) is 6.87. The number of piperidine rings is 1. The number of nitrogens with zero attached hydrogens (tertiary/aromatic N) is 4. The summed E-state index contributed by atoms with van der Waals surface area (Å²) in [6.07, 6.45) is 1.45. The molecule has 1 aliphatic heterocycles. The van der Waals surface area contributed by atoms with Crippen LogP contribution in [0.15, 0.2) is 18.2 Å². The fourth-order valence-electron chi connectivity index (χ4n) is 5.04.